The normalized spacial score (nSPS) is 12.0. The fourth-order valence-electron chi connectivity index (χ4n) is 1.96. The first-order valence-electron chi connectivity index (χ1n) is 7.10. The number of esters is 1. The largest absolute Gasteiger partial charge is 0.469 e. The molecule has 1 atom stereocenters. The van der Waals surface area contributed by atoms with Crippen molar-refractivity contribution in [1.82, 2.24) is 5.32 Å². The number of rotatable bonds is 8. The molecule has 1 aromatic rings. The molecule has 0 spiro atoms. The SMILES string of the molecule is CCCCNC(CC(=O)OC)C(=O)c1ccc(F)c(C)c1. The summed E-state index contributed by atoms with van der Waals surface area (Å²) < 4.78 is 17.9. The van der Waals surface area contributed by atoms with Crippen LogP contribution >= 0.6 is 0 Å². The molecule has 4 nitrogen and oxygen atoms in total. The molecule has 1 N–H and O–H groups in total. The van der Waals surface area contributed by atoms with E-state index in [9.17, 15) is 14.0 Å². The molecule has 0 heterocycles. The summed E-state index contributed by atoms with van der Waals surface area (Å²) >= 11 is 0. The van der Waals surface area contributed by atoms with E-state index in [4.69, 9.17) is 0 Å². The molecule has 1 unspecified atom stereocenters. The molecule has 1 aromatic carbocycles. The maximum Gasteiger partial charge on any atom is 0.307 e. The zero-order valence-corrected chi connectivity index (χ0v) is 12.7. The van der Waals surface area contributed by atoms with Gasteiger partial charge in [0.2, 0.25) is 0 Å². The predicted octanol–water partition coefficient (Wildman–Crippen LogP) is 2.64. The van der Waals surface area contributed by atoms with Crippen LogP contribution in [0.15, 0.2) is 18.2 Å². The topological polar surface area (TPSA) is 55.4 Å². The average molecular weight is 295 g/mol. The molecule has 0 aromatic heterocycles. The van der Waals surface area contributed by atoms with Gasteiger partial charge in [0.25, 0.3) is 0 Å². The fraction of sp³-hybridized carbons (Fsp3) is 0.500. The first-order chi connectivity index (χ1) is 9.99. The minimum Gasteiger partial charge on any atom is -0.469 e. The van der Waals surface area contributed by atoms with Crippen molar-refractivity contribution >= 4 is 11.8 Å². The summed E-state index contributed by atoms with van der Waals surface area (Å²) in [6.45, 7) is 4.29. The Bertz CT molecular complexity index is 502. The van der Waals surface area contributed by atoms with Gasteiger partial charge >= 0.3 is 5.97 Å². The van der Waals surface area contributed by atoms with Gasteiger partial charge in [-0.25, -0.2) is 4.39 Å². The lowest BCUT2D eigenvalue weighted by atomic mass is 9.99. The van der Waals surface area contributed by atoms with Crippen molar-refractivity contribution in [3.63, 3.8) is 0 Å². The van der Waals surface area contributed by atoms with Gasteiger partial charge in [0.15, 0.2) is 5.78 Å². The predicted molar refractivity (Wildman–Crippen MR) is 78.8 cm³/mol. The number of carbonyl (C=O) groups excluding carboxylic acids is 2. The van der Waals surface area contributed by atoms with E-state index in [1.165, 1.54) is 25.3 Å². The van der Waals surface area contributed by atoms with E-state index in [0.29, 0.717) is 17.7 Å². The highest BCUT2D eigenvalue weighted by atomic mass is 19.1. The van der Waals surface area contributed by atoms with E-state index in [-0.39, 0.29) is 18.0 Å². The molecular weight excluding hydrogens is 273 g/mol. The number of benzene rings is 1. The second-order valence-corrected chi connectivity index (χ2v) is 4.97. The van der Waals surface area contributed by atoms with Crippen LogP contribution in [0.25, 0.3) is 0 Å². The maximum absolute atomic E-state index is 13.3. The molecule has 0 amide bonds. The number of hydrogen-bond acceptors (Lipinski definition) is 4. The van der Waals surface area contributed by atoms with Crippen molar-refractivity contribution in [2.45, 2.75) is 39.2 Å². The van der Waals surface area contributed by atoms with E-state index in [0.717, 1.165) is 12.8 Å². The van der Waals surface area contributed by atoms with Gasteiger partial charge in [-0.1, -0.05) is 13.3 Å². The van der Waals surface area contributed by atoms with Gasteiger partial charge in [0.05, 0.1) is 19.6 Å². The zero-order chi connectivity index (χ0) is 15.8. The molecule has 0 saturated carbocycles. The highest BCUT2D eigenvalue weighted by Gasteiger charge is 2.23. The third-order valence-electron chi connectivity index (χ3n) is 3.28. The Balaban J connectivity index is 2.86. The molecule has 0 saturated heterocycles. The van der Waals surface area contributed by atoms with Crippen molar-refractivity contribution in [2.24, 2.45) is 0 Å². The minimum atomic E-state index is -0.645. The molecule has 0 aliphatic rings. The number of ketones is 1. The van der Waals surface area contributed by atoms with Crippen LogP contribution in [0.5, 0.6) is 0 Å². The lowest BCUT2D eigenvalue weighted by Crippen LogP contribution is -2.39. The average Bonchev–Trinajstić information content (AvgIpc) is 2.48. The van der Waals surface area contributed by atoms with Crippen LogP contribution in [0, 0.1) is 12.7 Å². The van der Waals surface area contributed by atoms with Gasteiger partial charge in [-0.05, 0) is 43.7 Å². The van der Waals surface area contributed by atoms with Gasteiger partial charge in [-0.3, -0.25) is 9.59 Å². The lowest BCUT2D eigenvalue weighted by molar-refractivity contribution is -0.140. The number of methoxy groups -OCH3 is 1. The standard InChI is InChI=1S/C16H22FNO3/c1-4-5-8-18-14(10-15(19)21-3)16(20)12-6-7-13(17)11(2)9-12/h6-7,9,14,18H,4-5,8,10H2,1-3H3. The summed E-state index contributed by atoms with van der Waals surface area (Å²) in [6.07, 6.45) is 1.87. The van der Waals surface area contributed by atoms with Crippen LogP contribution < -0.4 is 5.32 Å². The van der Waals surface area contributed by atoms with Gasteiger partial charge in [0, 0.05) is 5.56 Å². The molecule has 0 radical (unpaired) electrons. The quantitative estimate of drug-likeness (QED) is 0.455. The number of aryl methyl sites for hydroxylation is 1. The summed E-state index contributed by atoms with van der Waals surface area (Å²) in [5.41, 5.74) is 0.804. The van der Waals surface area contributed by atoms with Crippen molar-refractivity contribution in [2.75, 3.05) is 13.7 Å². The zero-order valence-electron chi connectivity index (χ0n) is 12.7. The van der Waals surface area contributed by atoms with Crippen LogP contribution in [-0.4, -0.2) is 31.4 Å². The number of halogens is 1. The first-order valence-corrected chi connectivity index (χ1v) is 7.10. The number of carbonyl (C=O) groups is 2. The Morgan fingerprint density at radius 2 is 2.10 bits per heavy atom. The molecule has 0 fully saturated rings. The Morgan fingerprint density at radius 3 is 2.67 bits per heavy atom. The summed E-state index contributed by atoms with van der Waals surface area (Å²) in [5, 5.41) is 3.07. The number of hydrogen-bond donors (Lipinski definition) is 1. The summed E-state index contributed by atoms with van der Waals surface area (Å²) in [5.74, 6) is -1.02. The second kappa shape index (κ2) is 8.52. The van der Waals surface area contributed by atoms with E-state index < -0.39 is 12.0 Å². The van der Waals surface area contributed by atoms with Crippen LogP contribution in [0.4, 0.5) is 4.39 Å². The van der Waals surface area contributed by atoms with Crippen molar-refractivity contribution in [1.29, 1.82) is 0 Å². The van der Waals surface area contributed by atoms with Crippen molar-refractivity contribution < 1.29 is 18.7 Å². The Hall–Kier alpha value is -1.75. The first kappa shape index (κ1) is 17.3. The Morgan fingerprint density at radius 1 is 1.38 bits per heavy atom. The third-order valence-corrected chi connectivity index (χ3v) is 3.28. The third kappa shape index (κ3) is 5.27. The van der Waals surface area contributed by atoms with Crippen LogP contribution in [0.1, 0.15) is 42.1 Å². The minimum absolute atomic E-state index is 0.0323. The molecule has 116 valence electrons. The highest BCUT2D eigenvalue weighted by molar-refractivity contribution is 6.01. The van der Waals surface area contributed by atoms with Gasteiger partial charge < -0.3 is 10.1 Å². The van der Waals surface area contributed by atoms with E-state index >= 15 is 0 Å². The molecule has 1 rings (SSSR count). The number of Topliss-reactive ketones (excluding diaryl/α,β-unsaturated/α-hetero) is 1. The van der Waals surface area contributed by atoms with E-state index in [1.807, 2.05) is 6.92 Å². The highest BCUT2D eigenvalue weighted by Crippen LogP contribution is 2.13. The molecule has 0 bridgehead atoms. The molecule has 5 heteroatoms. The Labute approximate surface area is 124 Å². The van der Waals surface area contributed by atoms with Gasteiger partial charge in [-0.2, -0.15) is 0 Å². The summed E-state index contributed by atoms with van der Waals surface area (Å²) in [6, 6.07) is 3.57. The summed E-state index contributed by atoms with van der Waals surface area (Å²) in [4.78, 5) is 23.9. The van der Waals surface area contributed by atoms with Gasteiger partial charge in [0.1, 0.15) is 5.82 Å². The van der Waals surface area contributed by atoms with Crippen LogP contribution in [0.2, 0.25) is 0 Å². The Kier molecular flexibility index (Phi) is 7.02. The van der Waals surface area contributed by atoms with Gasteiger partial charge in [-0.15, -0.1) is 0 Å². The van der Waals surface area contributed by atoms with Crippen LogP contribution in [-0.2, 0) is 9.53 Å². The van der Waals surface area contributed by atoms with Crippen molar-refractivity contribution in [3.05, 3.63) is 35.1 Å². The molecular formula is C16H22FNO3. The molecule has 21 heavy (non-hydrogen) atoms. The summed E-state index contributed by atoms with van der Waals surface area (Å²) in [7, 11) is 1.29. The molecule has 0 aliphatic heterocycles. The number of unbranched alkanes of at least 4 members (excludes halogenated alkanes) is 1. The number of nitrogens with one attached hydrogen (secondary N) is 1. The molecule has 0 aliphatic carbocycles. The monoisotopic (exact) mass is 295 g/mol. The van der Waals surface area contributed by atoms with Crippen molar-refractivity contribution in [3.8, 4) is 0 Å². The maximum atomic E-state index is 13.3. The van der Waals surface area contributed by atoms with E-state index in [2.05, 4.69) is 10.1 Å². The smallest absolute Gasteiger partial charge is 0.307 e. The second-order valence-electron chi connectivity index (χ2n) is 4.97. The number of ether oxygens (including phenoxy) is 1. The van der Waals surface area contributed by atoms with E-state index in [1.54, 1.807) is 6.92 Å². The fourth-order valence-corrected chi connectivity index (χ4v) is 1.96. The lowest BCUT2D eigenvalue weighted by Gasteiger charge is -2.17. The van der Waals surface area contributed by atoms with Crippen LogP contribution in [0.3, 0.4) is 0 Å².